The van der Waals surface area contributed by atoms with Gasteiger partial charge in [-0.3, -0.25) is 0 Å². The molecule has 0 aliphatic rings. The van der Waals surface area contributed by atoms with Gasteiger partial charge in [0.15, 0.2) is 0 Å². The smallest absolute Gasteiger partial charge is 0.138 e. The molecule has 1 aromatic heterocycles. The molecule has 0 aliphatic carbocycles. The van der Waals surface area contributed by atoms with Crippen LogP contribution >= 0.6 is 0 Å². The van der Waals surface area contributed by atoms with Gasteiger partial charge in [-0.25, -0.2) is 9.67 Å². The molecule has 5 nitrogen and oxygen atoms in total. The van der Waals surface area contributed by atoms with Gasteiger partial charge >= 0.3 is 0 Å². The fourth-order valence-electron chi connectivity index (χ4n) is 1.66. The third kappa shape index (κ3) is 5.28. The van der Waals surface area contributed by atoms with Crippen LogP contribution < -0.4 is 0 Å². The van der Waals surface area contributed by atoms with Crippen molar-refractivity contribution in [3.8, 4) is 0 Å². The van der Waals surface area contributed by atoms with Crippen LogP contribution in [-0.4, -0.2) is 51.5 Å². The van der Waals surface area contributed by atoms with E-state index in [1.54, 1.807) is 6.33 Å². The van der Waals surface area contributed by atoms with Crippen LogP contribution in [0, 0.1) is 5.92 Å². The molecule has 0 saturated heterocycles. The summed E-state index contributed by atoms with van der Waals surface area (Å²) in [5.41, 5.74) is 0. The highest BCUT2D eigenvalue weighted by molar-refractivity contribution is 4.88. The number of aromatic nitrogens is 3. The fraction of sp³-hybridized carbons (Fsp3) is 0.833. The van der Waals surface area contributed by atoms with Gasteiger partial charge in [-0.2, -0.15) is 5.10 Å². The van der Waals surface area contributed by atoms with E-state index in [1.807, 2.05) is 18.8 Å². The van der Waals surface area contributed by atoms with E-state index in [0.717, 1.165) is 25.3 Å². The van der Waals surface area contributed by atoms with Gasteiger partial charge in [0.1, 0.15) is 12.2 Å². The lowest BCUT2D eigenvalue weighted by Gasteiger charge is -2.15. The van der Waals surface area contributed by atoms with Gasteiger partial charge in [-0.15, -0.1) is 0 Å². The Kier molecular flexibility index (Phi) is 5.58. The SMILES string of the molecule is CC(C)Cn1ncnc1CC(O)CCN(C)C. The average Bonchev–Trinajstić information content (AvgIpc) is 2.62. The zero-order chi connectivity index (χ0) is 12.8. The number of hydrogen-bond acceptors (Lipinski definition) is 4. The maximum Gasteiger partial charge on any atom is 0.138 e. The molecule has 0 fully saturated rings. The van der Waals surface area contributed by atoms with E-state index in [2.05, 4.69) is 28.8 Å². The van der Waals surface area contributed by atoms with Gasteiger partial charge in [0, 0.05) is 13.0 Å². The second-order valence-corrected chi connectivity index (χ2v) is 5.20. The quantitative estimate of drug-likeness (QED) is 0.765. The number of aliphatic hydroxyl groups excluding tert-OH is 1. The van der Waals surface area contributed by atoms with Crippen molar-refractivity contribution in [2.45, 2.75) is 39.3 Å². The van der Waals surface area contributed by atoms with Crippen molar-refractivity contribution in [3.05, 3.63) is 12.2 Å². The first kappa shape index (κ1) is 14.1. The molecular weight excluding hydrogens is 216 g/mol. The summed E-state index contributed by atoms with van der Waals surface area (Å²) in [6, 6.07) is 0. The Bertz CT molecular complexity index is 322. The summed E-state index contributed by atoms with van der Waals surface area (Å²) in [7, 11) is 4.02. The Balaban J connectivity index is 2.47. The predicted octanol–water partition coefficient (Wildman–Crippen LogP) is 0.789. The Morgan fingerprint density at radius 2 is 2.12 bits per heavy atom. The van der Waals surface area contributed by atoms with Gasteiger partial charge in [-0.05, 0) is 33.0 Å². The normalized spacial score (nSPS) is 13.6. The van der Waals surface area contributed by atoms with Gasteiger partial charge in [0.2, 0.25) is 0 Å². The van der Waals surface area contributed by atoms with Crippen LogP contribution in [0.1, 0.15) is 26.1 Å². The highest BCUT2D eigenvalue weighted by Gasteiger charge is 2.12. The Morgan fingerprint density at radius 1 is 1.41 bits per heavy atom. The lowest BCUT2D eigenvalue weighted by Crippen LogP contribution is -2.22. The topological polar surface area (TPSA) is 54.2 Å². The van der Waals surface area contributed by atoms with Gasteiger partial charge in [0.25, 0.3) is 0 Å². The molecule has 1 heterocycles. The van der Waals surface area contributed by atoms with Gasteiger partial charge in [-0.1, -0.05) is 13.8 Å². The molecule has 0 radical (unpaired) electrons. The van der Waals surface area contributed by atoms with E-state index in [0.29, 0.717) is 12.3 Å². The van der Waals surface area contributed by atoms with Crippen LogP contribution in [0.5, 0.6) is 0 Å². The highest BCUT2D eigenvalue weighted by Crippen LogP contribution is 2.06. The first-order chi connectivity index (χ1) is 7.99. The van der Waals surface area contributed by atoms with Crippen molar-refractivity contribution in [1.82, 2.24) is 19.7 Å². The largest absolute Gasteiger partial charge is 0.393 e. The van der Waals surface area contributed by atoms with Gasteiger partial charge < -0.3 is 10.0 Å². The molecule has 1 unspecified atom stereocenters. The first-order valence-corrected chi connectivity index (χ1v) is 6.18. The molecule has 0 aliphatic heterocycles. The van der Waals surface area contributed by atoms with Crippen LogP contribution in [-0.2, 0) is 13.0 Å². The molecule has 17 heavy (non-hydrogen) atoms. The molecule has 0 aromatic carbocycles. The molecule has 0 saturated carbocycles. The number of nitrogens with zero attached hydrogens (tertiary/aromatic N) is 4. The Labute approximate surface area is 103 Å². The lowest BCUT2D eigenvalue weighted by molar-refractivity contribution is 0.148. The third-order valence-electron chi connectivity index (χ3n) is 2.56. The summed E-state index contributed by atoms with van der Waals surface area (Å²) in [5.74, 6) is 1.42. The standard InChI is InChI=1S/C12H24N4O/c1-10(2)8-16-12(13-9-14-16)7-11(17)5-6-15(3)4/h9-11,17H,5-8H2,1-4H3. The van der Waals surface area contributed by atoms with E-state index in [4.69, 9.17) is 0 Å². The van der Waals surface area contributed by atoms with Crippen molar-refractivity contribution in [1.29, 1.82) is 0 Å². The van der Waals surface area contributed by atoms with Crippen molar-refractivity contribution in [2.75, 3.05) is 20.6 Å². The summed E-state index contributed by atoms with van der Waals surface area (Å²) in [5, 5.41) is 14.1. The van der Waals surface area contributed by atoms with E-state index in [1.165, 1.54) is 0 Å². The Hall–Kier alpha value is -0.940. The molecule has 98 valence electrons. The van der Waals surface area contributed by atoms with Crippen LogP contribution in [0.3, 0.4) is 0 Å². The molecular formula is C12H24N4O. The average molecular weight is 240 g/mol. The Morgan fingerprint density at radius 3 is 2.71 bits per heavy atom. The summed E-state index contributed by atoms with van der Waals surface area (Å²) in [4.78, 5) is 6.29. The monoisotopic (exact) mass is 240 g/mol. The number of rotatable bonds is 7. The van der Waals surface area contributed by atoms with Crippen LogP contribution in [0.25, 0.3) is 0 Å². The van der Waals surface area contributed by atoms with Crippen molar-refractivity contribution in [2.24, 2.45) is 5.92 Å². The summed E-state index contributed by atoms with van der Waals surface area (Å²) in [6.07, 6.45) is 2.57. The minimum absolute atomic E-state index is 0.340. The molecule has 1 aromatic rings. The summed E-state index contributed by atoms with van der Waals surface area (Å²) < 4.78 is 1.89. The fourth-order valence-corrected chi connectivity index (χ4v) is 1.66. The second kappa shape index (κ2) is 6.71. The predicted molar refractivity (Wildman–Crippen MR) is 67.7 cm³/mol. The van der Waals surface area contributed by atoms with Gasteiger partial charge in [0.05, 0.1) is 6.10 Å². The molecule has 0 bridgehead atoms. The number of hydrogen-bond donors (Lipinski definition) is 1. The van der Waals surface area contributed by atoms with Crippen LogP contribution in [0.15, 0.2) is 6.33 Å². The van der Waals surface area contributed by atoms with Crippen LogP contribution in [0.2, 0.25) is 0 Å². The highest BCUT2D eigenvalue weighted by atomic mass is 16.3. The van der Waals surface area contributed by atoms with E-state index >= 15 is 0 Å². The first-order valence-electron chi connectivity index (χ1n) is 6.18. The zero-order valence-corrected chi connectivity index (χ0v) is 11.3. The second-order valence-electron chi connectivity index (χ2n) is 5.20. The molecule has 1 rings (SSSR count). The van der Waals surface area contributed by atoms with Crippen molar-refractivity contribution in [3.63, 3.8) is 0 Å². The third-order valence-corrected chi connectivity index (χ3v) is 2.56. The summed E-state index contributed by atoms with van der Waals surface area (Å²) >= 11 is 0. The summed E-state index contributed by atoms with van der Waals surface area (Å²) in [6.45, 7) is 6.04. The minimum atomic E-state index is -0.340. The molecule has 5 heteroatoms. The maximum absolute atomic E-state index is 9.92. The van der Waals surface area contributed by atoms with Crippen molar-refractivity contribution < 1.29 is 5.11 Å². The van der Waals surface area contributed by atoms with Crippen LogP contribution in [0.4, 0.5) is 0 Å². The zero-order valence-electron chi connectivity index (χ0n) is 11.3. The van der Waals surface area contributed by atoms with E-state index < -0.39 is 0 Å². The molecule has 1 N–H and O–H groups in total. The minimum Gasteiger partial charge on any atom is -0.393 e. The van der Waals surface area contributed by atoms with E-state index in [9.17, 15) is 5.11 Å². The van der Waals surface area contributed by atoms with Crippen molar-refractivity contribution >= 4 is 0 Å². The molecule has 0 amide bonds. The molecule has 0 spiro atoms. The molecule has 1 atom stereocenters. The van der Waals surface area contributed by atoms with E-state index in [-0.39, 0.29) is 6.10 Å². The maximum atomic E-state index is 9.92. The number of aliphatic hydroxyl groups is 1. The lowest BCUT2D eigenvalue weighted by atomic mass is 10.1.